The van der Waals surface area contributed by atoms with Crippen molar-refractivity contribution in [3.8, 4) is 11.4 Å². The van der Waals surface area contributed by atoms with Gasteiger partial charge in [0.1, 0.15) is 6.33 Å². The summed E-state index contributed by atoms with van der Waals surface area (Å²) in [5, 5.41) is 13.9. The Balaban J connectivity index is 1.75. The second-order valence-corrected chi connectivity index (χ2v) is 6.20. The molecule has 0 radical (unpaired) electrons. The van der Waals surface area contributed by atoms with E-state index >= 15 is 0 Å². The van der Waals surface area contributed by atoms with Gasteiger partial charge >= 0.3 is 0 Å². The highest BCUT2D eigenvalue weighted by molar-refractivity contribution is 5.95. The van der Waals surface area contributed by atoms with E-state index in [4.69, 9.17) is 0 Å². The molecule has 6 heteroatoms. The summed E-state index contributed by atoms with van der Waals surface area (Å²) in [6.07, 6.45) is 3.87. The van der Waals surface area contributed by atoms with Crippen LogP contribution in [0, 0.1) is 0 Å². The zero-order chi connectivity index (χ0) is 16.4. The summed E-state index contributed by atoms with van der Waals surface area (Å²) in [5.41, 5.74) is 1.56. The summed E-state index contributed by atoms with van der Waals surface area (Å²) in [7, 11) is 1.82. The van der Waals surface area contributed by atoms with Crippen molar-refractivity contribution in [3.05, 3.63) is 36.2 Å². The van der Waals surface area contributed by atoms with Gasteiger partial charge < -0.3 is 10.0 Å². The van der Waals surface area contributed by atoms with Crippen molar-refractivity contribution in [2.75, 3.05) is 6.54 Å². The Bertz CT molecular complexity index is 678. The van der Waals surface area contributed by atoms with Gasteiger partial charge in [-0.15, -0.1) is 0 Å². The maximum atomic E-state index is 12.7. The third-order valence-corrected chi connectivity index (χ3v) is 4.24. The van der Waals surface area contributed by atoms with Crippen LogP contribution in [0.1, 0.15) is 36.5 Å². The van der Waals surface area contributed by atoms with E-state index in [9.17, 15) is 9.90 Å². The lowest BCUT2D eigenvalue weighted by atomic mass is 10.1. The van der Waals surface area contributed by atoms with Crippen LogP contribution in [0.3, 0.4) is 0 Å². The lowest BCUT2D eigenvalue weighted by Gasteiger charge is -2.25. The van der Waals surface area contributed by atoms with Crippen molar-refractivity contribution >= 4 is 5.91 Å². The Labute approximate surface area is 135 Å². The number of benzene rings is 1. The first-order valence-corrected chi connectivity index (χ1v) is 7.99. The van der Waals surface area contributed by atoms with Gasteiger partial charge in [0.05, 0.1) is 6.10 Å². The zero-order valence-corrected chi connectivity index (χ0v) is 13.5. The largest absolute Gasteiger partial charge is 0.393 e. The Kier molecular flexibility index (Phi) is 4.43. The standard InChI is InChI=1S/C17H22N4O2/c1-12(22)10-15-4-3-9-21(15)17(23)14-7-5-13(6-8-14)16-18-11-20(2)19-16/h5-8,11-12,15,22H,3-4,9-10H2,1-2H3. The van der Waals surface area contributed by atoms with Gasteiger partial charge in [0.2, 0.25) is 0 Å². The van der Waals surface area contributed by atoms with Crippen LogP contribution in [0.2, 0.25) is 0 Å². The van der Waals surface area contributed by atoms with Crippen LogP contribution < -0.4 is 0 Å². The summed E-state index contributed by atoms with van der Waals surface area (Å²) in [6, 6.07) is 7.54. The average Bonchev–Trinajstić information content (AvgIpc) is 3.15. The first kappa shape index (κ1) is 15.7. The lowest BCUT2D eigenvalue weighted by molar-refractivity contribution is 0.0682. The van der Waals surface area contributed by atoms with Gasteiger partial charge in [0.15, 0.2) is 5.82 Å². The molecule has 2 aromatic rings. The molecule has 2 heterocycles. The molecule has 1 saturated heterocycles. The maximum absolute atomic E-state index is 12.7. The summed E-state index contributed by atoms with van der Waals surface area (Å²) >= 11 is 0. The van der Waals surface area contributed by atoms with Crippen LogP contribution in [-0.2, 0) is 7.05 Å². The van der Waals surface area contributed by atoms with Gasteiger partial charge in [-0.2, -0.15) is 5.10 Å². The fourth-order valence-corrected chi connectivity index (χ4v) is 3.14. The van der Waals surface area contributed by atoms with Crippen LogP contribution in [-0.4, -0.2) is 49.4 Å². The molecule has 1 amide bonds. The molecular weight excluding hydrogens is 292 g/mol. The number of hydrogen-bond acceptors (Lipinski definition) is 4. The van der Waals surface area contributed by atoms with Gasteiger partial charge in [-0.1, -0.05) is 12.1 Å². The minimum Gasteiger partial charge on any atom is -0.393 e. The maximum Gasteiger partial charge on any atom is 0.254 e. The molecule has 23 heavy (non-hydrogen) atoms. The van der Waals surface area contributed by atoms with Crippen LogP contribution in [0.4, 0.5) is 0 Å². The van der Waals surface area contributed by atoms with Crippen molar-refractivity contribution in [1.29, 1.82) is 0 Å². The number of amides is 1. The number of hydrogen-bond donors (Lipinski definition) is 1. The van der Waals surface area contributed by atoms with Crippen LogP contribution >= 0.6 is 0 Å². The molecule has 1 aromatic heterocycles. The molecule has 1 aliphatic heterocycles. The van der Waals surface area contributed by atoms with Crippen LogP contribution in [0.15, 0.2) is 30.6 Å². The number of carbonyl (C=O) groups is 1. The number of aliphatic hydroxyl groups excluding tert-OH is 1. The van der Waals surface area contributed by atoms with Crippen molar-refractivity contribution in [2.45, 2.75) is 38.3 Å². The Morgan fingerprint density at radius 2 is 2.13 bits per heavy atom. The zero-order valence-electron chi connectivity index (χ0n) is 13.5. The van der Waals surface area contributed by atoms with Crippen molar-refractivity contribution in [2.24, 2.45) is 7.05 Å². The minimum absolute atomic E-state index is 0.0358. The van der Waals surface area contributed by atoms with Crippen molar-refractivity contribution < 1.29 is 9.90 Å². The molecule has 1 aromatic carbocycles. The topological polar surface area (TPSA) is 71.2 Å². The molecule has 0 saturated carbocycles. The number of aryl methyl sites for hydroxylation is 1. The molecule has 1 fully saturated rings. The van der Waals surface area contributed by atoms with Crippen LogP contribution in [0.25, 0.3) is 11.4 Å². The molecule has 0 aliphatic carbocycles. The molecule has 122 valence electrons. The van der Waals surface area contributed by atoms with E-state index in [1.54, 1.807) is 17.9 Å². The SMILES string of the molecule is CC(O)CC1CCCN1C(=O)c1ccc(-c2ncn(C)n2)cc1. The molecule has 2 atom stereocenters. The summed E-state index contributed by atoms with van der Waals surface area (Å²) in [6.45, 7) is 2.54. The van der Waals surface area contributed by atoms with Gasteiger partial charge in [-0.25, -0.2) is 4.98 Å². The Morgan fingerprint density at radius 3 is 2.74 bits per heavy atom. The normalized spacial score (nSPS) is 19.1. The van der Waals surface area contributed by atoms with Crippen molar-refractivity contribution in [3.63, 3.8) is 0 Å². The Morgan fingerprint density at radius 1 is 1.39 bits per heavy atom. The van der Waals surface area contributed by atoms with E-state index in [0.717, 1.165) is 24.9 Å². The molecule has 2 unspecified atom stereocenters. The molecule has 3 rings (SSSR count). The summed E-state index contributed by atoms with van der Waals surface area (Å²) in [4.78, 5) is 18.8. The van der Waals surface area contributed by atoms with Gasteiger partial charge in [-0.3, -0.25) is 9.48 Å². The molecule has 0 spiro atoms. The molecule has 6 nitrogen and oxygen atoms in total. The predicted octanol–water partition coefficient (Wildman–Crippen LogP) is 1.86. The van der Waals surface area contributed by atoms with E-state index in [1.807, 2.05) is 36.2 Å². The smallest absolute Gasteiger partial charge is 0.254 e. The van der Waals surface area contributed by atoms with Gasteiger partial charge in [-0.05, 0) is 38.3 Å². The van der Waals surface area contributed by atoms with E-state index in [0.29, 0.717) is 17.8 Å². The minimum atomic E-state index is -0.383. The third kappa shape index (κ3) is 3.42. The Hall–Kier alpha value is -2.21. The second kappa shape index (κ2) is 6.50. The van der Waals surface area contributed by atoms with Crippen LogP contribution in [0.5, 0.6) is 0 Å². The van der Waals surface area contributed by atoms with Gasteiger partial charge in [0, 0.05) is 30.8 Å². The highest BCUT2D eigenvalue weighted by Crippen LogP contribution is 2.24. The lowest BCUT2D eigenvalue weighted by Crippen LogP contribution is -2.37. The monoisotopic (exact) mass is 314 g/mol. The third-order valence-electron chi connectivity index (χ3n) is 4.24. The first-order valence-electron chi connectivity index (χ1n) is 7.99. The van der Waals surface area contributed by atoms with E-state index in [2.05, 4.69) is 10.1 Å². The van der Waals surface area contributed by atoms with E-state index < -0.39 is 0 Å². The fraction of sp³-hybridized carbons (Fsp3) is 0.471. The quantitative estimate of drug-likeness (QED) is 0.935. The number of likely N-dealkylation sites (tertiary alicyclic amines) is 1. The summed E-state index contributed by atoms with van der Waals surface area (Å²) < 4.78 is 1.65. The number of carbonyl (C=O) groups excluding carboxylic acids is 1. The average molecular weight is 314 g/mol. The molecule has 1 N–H and O–H groups in total. The summed E-state index contributed by atoms with van der Waals surface area (Å²) in [5.74, 6) is 0.688. The molecule has 1 aliphatic rings. The highest BCUT2D eigenvalue weighted by atomic mass is 16.3. The number of aromatic nitrogens is 3. The predicted molar refractivity (Wildman–Crippen MR) is 86.8 cm³/mol. The fourth-order valence-electron chi connectivity index (χ4n) is 3.14. The second-order valence-electron chi connectivity index (χ2n) is 6.20. The van der Waals surface area contributed by atoms with E-state index in [1.165, 1.54) is 0 Å². The first-order chi connectivity index (χ1) is 11.0. The number of rotatable bonds is 4. The molecule has 0 bridgehead atoms. The number of nitrogens with zero attached hydrogens (tertiary/aromatic N) is 4. The van der Waals surface area contributed by atoms with E-state index in [-0.39, 0.29) is 18.1 Å². The molecular formula is C17H22N4O2. The highest BCUT2D eigenvalue weighted by Gasteiger charge is 2.30. The van der Waals surface area contributed by atoms with Gasteiger partial charge in [0.25, 0.3) is 5.91 Å². The van der Waals surface area contributed by atoms with Crippen molar-refractivity contribution in [1.82, 2.24) is 19.7 Å². The number of aliphatic hydroxyl groups is 1.